The van der Waals surface area contributed by atoms with E-state index in [1.54, 1.807) is 29.1 Å². The van der Waals surface area contributed by atoms with Crippen molar-refractivity contribution in [3.8, 4) is 11.5 Å². The van der Waals surface area contributed by atoms with Crippen LogP contribution in [0.2, 0.25) is 0 Å². The van der Waals surface area contributed by atoms with Crippen LogP contribution in [0.1, 0.15) is 0 Å². The third kappa shape index (κ3) is 6.11. The molecule has 11 heteroatoms. The molecule has 1 N–H and O–H groups in total. The van der Waals surface area contributed by atoms with E-state index in [1.165, 1.54) is 6.33 Å². The molecule has 0 amide bonds. The normalized spacial score (nSPS) is 10.4. The SMILES string of the molecule is COC(=O)C(F)(F)F.O=C(O)C[n+]1ccc(-c2ncno2)cc1. The number of methoxy groups -OCH3 is 1. The minimum atomic E-state index is -4.85. The standard InChI is InChI=1S/C9H7N3O3.C3H3F3O2/c13-8(14)5-12-3-1-7(2-4-12)9-10-6-11-15-9;1-8-2(7)3(4,5)6/h1-4,6H,5H2;1H3/p+1. The van der Waals surface area contributed by atoms with Crippen molar-refractivity contribution in [1.29, 1.82) is 0 Å². The second-order valence-corrected chi connectivity index (χ2v) is 3.89. The van der Waals surface area contributed by atoms with Crippen molar-refractivity contribution in [3.05, 3.63) is 30.9 Å². The number of hydrogen-bond donors (Lipinski definition) is 1. The Morgan fingerprint density at radius 1 is 1.35 bits per heavy atom. The molecule has 0 saturated heterocycles. The number of aromatic nitrogens is 3. The van der Waals surface area contributed by atoms with E-state index < -0.39 is 18.1 Å². The van der Waals surface area contributed by atoms with Crippen LogP contribution in [0, 0.1) is 0 Å². The number of pyridine rings is 1. The summed E-state index contributed by atoms with van der Waals surface area (Å²) in [5.41, 5.74) is 0.758. The molecule has 0 saturated carbocycles. The lowest BCUT2D eigenvalue weighted by Crippen LogP contribution is -2.36. The van der Waals surface area contributed by atoms with Gasteiger partial charge in [-0.3, -0.25) is 0 Å². The second kappa shape index (κ2) is 7.87. The van der Waals surface area contributed by atoms with Gasteiger partial charge in [0.05, 0.1) is 12.7 Å². The van der Waals surface area contributed by atoms with Crippen molar-refractivity contribution >= 4 is 11.9 Å². The average Bonchev–Trinajstić information content (AvgIpc) is 3.00. The van der Waals surface area contributed by atoms with Gasteiger partial charge in [-0.1, -0.05) is 5.16 Å². The largest absolute Gasteiger partial charge is 0.490 e. The number of carbonyl (C=O) groups excluding carboxylic acids is 1. The Hall–Kier alpha value is -2.98. The van der Waals surface area contributed by atoms with E-state index in [4.69, 9.17) is 9.63 Å². The third-order valence-electron chi connectivity index (χ3n) is 2.23. The molecule has 0 aliphatic heterocycles. The Morgan fingerprint density at radius 2 is 1.96 bits per heavy atom. The molecule has 0 aliphatic carbocycles. The number of alkyl halides is 3. The Labute approximate surface area is 127 Å². The van der Waals surface area contributed by atoms with Crippen LogP contribution in [0.3, 0.4) is 0 Å². The highest BCUT2D eigenvalue weighted by atomic mass is 19.4. The molecule has 2 aromatic rings. The number of ether oxygens (including phenoxy) is 1. The summed E-state index contributed by atoms with van der Waals surface area (Å²) in [7, 11) is 0.676. The highest BCUT2D eigenvalue weighted by molar-refractivity contribution is 5.75. The number of halogens is 3. The lowest BCUT2D eigenvalue weighted by atomic mass is 10.3. The summed E-state index contributed by atoms with van der Waals surface area (Å²) in [5.74, 6) is -2.64. The maximum absolute atomic E-state index is 11.0. The molecule has 23 heavy (non-hydrogen) atoms. The van der Waals surface area contributed by atoms with E-state index in [-0.39, 0.29) is 6.54 Å². The highest BCUT2D eigenvalue weighted by Crippen LogP contribution is 2.15. The Bertz CT molecular complexity index is 641. The minimum Gasteiger partial charge on any atom is -0.477 e. The van der Waals surface area contributed by atoms with Gasteiger partial charge < -0.3 is 14.4 Å². The topological polar surface area (TPSA) is 106 Å². The molecule has 8 nitrogen and oxygen atoms in total. The van der Waals surface area contributed by atoms with Crippen molar-refractivity contribution in [2.24, 2.45) is 0 Å². The van der Waals surface area contributed by atoms with Crippen LogP contribution in [0.15, 0.2) is 35.4 Å². The summed E-state index contributed by atoms with van der Waals surface area (Å²) in [5, 5.41) is 12.0. The van der Waals surface area contributed by atoms with Gasteiger partial charge >= 0.3 is 18.1 Å². The number of hydrogen-bond acceptors (Lipinski definition) is 6. The lowest BCUT2D eigenvalue weighted by molar-refractivity contribution is -0.685. The molecule has 2 heterocycles. The summed E-state index contributed by atoms with van der Waals surface area (Å²) in [6.07, 6.45) is -0.246. The van der Waals surface area contributed by atoms with Crippen LogP contribution in [-0.2, 0) is 20.9 Å². The highest BCUT2D eigenvalue weighted by Gasteiger charge is 2.40. The predicted molar refractivity (Wildman–Crippen MR) is 65.6 cm³/mol. The van der Waals surface area contributed by atoms with Gasteiger partial charge in [0.1, 0.15) is 0 Å². The second-order valence-electron chi connectivity index (χ2n) is 3.89. The lowest BCUT2D eigenvalue weighted by Gasteiger charge is -1.99. The molecule has 0 atom stereocenters. The van der Waals surface area contributed by atoms with E-state index in [1.807, 2.05) is 0 Å². The first-order chi connectivity index (χ1) is 10.7. The molecule has 0 fully saturated rings. The summed E-state index contributed by atoms with van der Waals surface area (Å²) < 4.78 is 42.7. The maximum Gasteiger partial charge on any atom is 0.490 e. The molecule has 0 radical (unpaired) electrons. The predicted octanol–water partition coefficient (Wildman–Crippen LogP) is 0.830. The monoisotopic (exact) mass is 334 g/mol. The number of aliphatic carboxylic acids is 1. The van der Waals surface area contributed by atoms with E-state index in [9.17, 15) is 22.8 Å². The zero-order valence-corrected chi connectivity index (χ0v) is 11.6. The first-order valence-electron chi connectivity index (χ1n) is 5.87. The van der Waals surface area contributed by atoms with Gasteiger partial charge in [0, 0.05) is 12.1 Å². The molecule has 0 unspecified atom stereocenters. The van der Waals surface area contributed by atoms with Crippen LogP contribution in [0.4, 0.5) is 13.2 Å². The summed E-state index contributed by atoms with van der Waals surface area (Å²) >= 11 is 0. The number of carbonyl (C=O) groups is 2. The Balaban J connectivity index is 0.000000284. The first-order valence-corrected chi connectivity index (χ1v) is 5.87. The van der Waals surface area contributed by atoms with E-state index in [0.717, 1.165) is 5.56 Å². The zero-order valence-electron chi connectivity index (χ0n) is 11.6. The Morgan fingerprint density at radius 3 is 2.30 bits per heavy atom. The van der Waals surface area contributed by atoms with Crippen LogP contribution < -0.4 is 4.57 Å². The van der Waals surface area contributed by atoms with Gasteiger partial charge in [0.15, 0.2) is 18.7 Å². The van der Waals surface area contributed by atoms with Crippen molar-refractivity contribution in [2.75, 3.05) is 7.11 Å². The molecule has 124 valence electrons. The van der Waals surface area contributed by atoms with Crippen molar-refractivity contribution in [3.63, 3.8) is 0 Å². The molecule has 0 spiro atoms. The fourth-order valence-corrected chi connectivity index (χ4v) is 1.28. The summed E-state index contributed by atoms with van der Waals surface area (Å²) in [6.45, 7) is -0.0654. The number of carboxylic acid groups (broad SMARTS) is 1. The molecule has 0 bridgehead atoms. The molecule has 2 aromatic heterocycles. The Kier molecular flexibility index (Phi) is 6.18. The first kappa shape index (κ1) is 18.1. The van der Waals surface area contributed by atoms with Gasteiger partial charge in [-0.05, 0) is 0 Å². The zero-order chi connectivity index (χ0) is 17.5. The average molecular weight is 334 g/mol. The van der Waals surface area contributed by atoms with Crippen molar-refractivity contribution < 1.29 is 41.7 Å². The molecule has 0 aliphatic rings. The van der Waals surface area contributed by atoms with Crippen LogP contribution in [0.5, 0.6) is 0 Å². The van der Waals surface area contributed by atoms with Crippen molar-refractivity contribution in [1.82, 2.24) is 10.1 Å². The van der Waals surface area contributed by atoms with Gasteiger partial charge in [0.25, 0.3) is 5.89 Å². The fourth-order valence-electron chi connectivity index (χ4n) is 1.28. The smallest absolute Gasteiger partial charge is 0.477 e. The van der Waals surface area contributed by atoms with Crippen LogP contribution >= 0.6 is 0 Å². The minimum absolute atomic E-state index is 0.0654. The summed E-state index contributed by atoms with van der Waals surface area (Å²) in [6, 6.07) is 3.44. The molecule has 2 rings (SSSR count). The van der Waals surface area contributed by atoms with Gasteiger partial charge in [0.2, 0.25) is 6.54 Å². The number of esters is 1. The van der Waals surface area contributed by atoms with Crippen LogP contribution in [-0.4, -0.2) is 40.5 Å². The number of carboxylic acids is 1. The van der Waals surface area contributed by atoms with Crippen molar-refractivity contribution in [2.45, 2.75) is 12.7 Å². The van der Waals surface area contributed by atoms with E-state index in [2.05, 4.69) is 14.9 Å². The van der Waals surface area contributed by atoms with Crippen LogP contribution in [0.25, 0.3) is 11.5 Å². The maximum atomic E-state index is 11.0. The van der Waals surface area contributed by atoms with Gasteiger partial charge in [-0.25, -0.2) is 9.59 Å². The molecular weight excluding hydrogens is 323 g/mol. The quantitative estimate of drug-likeness (QED) is 0.654. The van der Waals surface area contributed by atoms with Gasteiger partial charge in [-0.15, -0.1) is 0 Å². The fraction of sp³-hybridized carbons (Fsp3) is 0.250. The number of rotatable bonds is 3. The summed E-state index contributed by atoms with van der Waals surface area (Å²) in [4.78, 5) is 23.8. The third-order valence-corrected chi connectivity index (χ3v) is 2.23. The van der Waals surface area contributed by atoms with E-state index in [0.29, 0.717) is 13.0 Å². The van der Waals surface area contributed by atoms with E-state index >= 15 is 0 Å². The molecule has 0 aromatic carbocycles. The molecular formula is C12H11F3N3O5+. The number of nitrogens with zero attached hydrogens (tertiary/aromatic N) is 3. The van der Waals surface area contributed by atoms with Gasteiger partial charge in [-0.2, -0.15) is 22.7 Å².